The maximum Gasteiger partial charge on any atom is 0.356 e. The molecule has 0 amide bonds. The normalized spacial score (nSPS) is 16.4. The summed E-state index contributed by atoms with van der Waals surface area (Å²) in [6.07, 6.45) is 1.62. The van der Waals surface area contributed by atoms with Crippen molar-refractivity contribution in [2.75, 3.05) is 20.2 Å². The van der Waals surface area contributed by atoms with Crippen LogP contribution in [0.15, 0.2) is 38.4 Å². The molecule has 1 aliphatic heterocycles. The van der Waals surface area contributed by atoms with E-state index in [0.29, 0.717) is 29.8 Å². The van der Waals surface area contributed by atoms with Crippen LogP contribution in [0.2, 0.25) is 0 Å². The van der Waals surface area contributed by atoms with Crippen LogP contribution >= 0.6 is 0 Å². The topological polar surface area (TPSA) is 76.8 Å². The molecule has 1 aromatic heterocycles. The van der Waals surface area contributed by atoms with Crippen molar-refractivity contribution in [3.63, 3.8) is 0 Å². The number of fused-ring (bicyclic) bond motifs is 1. The van der Waals surface area contributed by atoms with Gasteiger partial charge >= 0.3 is 5.63 Å². The number of methoxy groups -OCH3 is 1. The lowest BCUT2D eigenvalue weighted by Crippen LogP contribution is -2.31. The lowest BCUT2D eigenvalue weighted by atomic mass is 10.2. The van der Waals surface area contributed by atoms with Crippen molar-refractivity contribution in [1.82, 2.24) is 4.31 Å². The molecule has 7 heteroatoms. The summed E-state index contributed by atoms with van der Waals surface area (Å²) in [5.41, 5.74) is -0.499. The summed E-state index contributed by atoms with van der Waals surface area (Å²) in [6.45, 7) is 0.885. The van der Waals surface area contributed by atoms with Crippen LogP contribution in [0.3, 0.4) is 0 Å². The van der Waals surface area contributed by atoms with Crippen LogP contribution in [0.25, 0.3) is 11.0 Å². The first kappa shape index (κ1) is 14.1. The van der Waals surface area contributed by atoms with E-state index in [0.717, 1.165) is 12.8 Å². The highest BCUT2D eigenvalue weighted by Crippen LogP contribution is 2.24. The molecule has 2 heterocycles. The molecule has 0 saturated carbocycles. The average Bonchev–Trinajstić information content (AvgIpc) is 3.01. The molecule has 0 N–H and O–H groups in total. The molecule has 0 spiro atoms. The number of hydrogen-bond acceptors (Lipinski definition) is 5. The third-order valence-electron chi connectivity index (χ3n) is 3.59. The SMILES string of the molecule is COc1ccc2oc(=O)c(S(=O)(=O)N3CCCC3)cc2c1. The van der Waals surface area contributed by atoms with Crippen LogP contribution in [-0.4, -0.2) is 32.9 Å². The minimum Gasteiger partial charge on any atom is -0.497 e. The molecular formula is C14H15NO5S. The standard InChI is InChI=1S/C14H15NO5S/c1-19-11-4-5-12-10(8-11)9-13(14(16)20-12)21(17,18)15-6-2-3-7-15/h4-5,8-9H,2-3,6-7H2,1H3. The van der Waals surface area contributed by atoms with Gasteiger partial charge in [-0.15, -0.1) is 0 Å². The molecule has 0 atom stereocenters. The zero-order chi connectivity index (χ0) is 15.0. The number of hydrogen-bond donors (Lipinski definition) is 0. The van der Waals surface area contributed by atoms with Gasteiger partial charge in [0, 0.05) is 18.5 Å². The van der Waals surface area contributed by atoms with E-state index in [1.807, 2.05) is 0 Å². The molecule has 21 heavy (non-hydrogen) atoms. The van der Waals surface area contributed by atoms with Crippen molar-refractivity contribution < 1.29 is 17.6 Å². The predicted octanol–water partition coefficient (Wildman–Crippen LogP) is 1.59. The molecule has 1 aromatic carbocycles. The van der Waals surface area contributed by atoms with Crippen LogP contribution < -0.4 is 10.4 Å². The van der Waals surface area contributed by atoms with E-state index in [4.69, 9.17) is 9.15 Å². The van der Waals surface area contributed by atoms with Gasteiger partial charge in [-0.3, -0.25) is 0 Å². The largest absolute Gasteiger partial charge is 0.497 e. The van der Waals surface area contributed by atoms with Gasteiger partial charge in [-0.25, -0.2) is 13.2 Å². The van der Waals surface area contributed by atoms with Gasteiger partial charge in [-0.2, -0.15) is 4.31 Å². The first-order chi connectivity index (χ1) is 10.0. The van der Waals surface area contributed by atoms with Crippen molar-refractivity contribution in [2.24, 2.45) is 0 Å². The second-order valence-electron chi connectivity index (χ2n) is 4.91. The summed E-state index contributed by atoms with van der Waals surface area (Å²) in [4.78, 5) is 11.7. The summed E-state index contributed by atoms with van der Waals surface area (Å²) >= 11 is 0. The average molecular weight is 309 g/mol. The van der Waals surface area contributed by atoms with Gasteiger partial charge in [-0.1, -0.05) is 0 Å². The van der Waals surface area contributed by atoms with Gasteiger partial charge in [0.1, 0.15) is 11.3 Å². The highest BCUT2D eigenvalue weighted by atomic mass is 32.2. The Labute approximate surface area is 122 Å². The Morgan fingerprint density at radius 3 is 2.57 bits per heavy atom. The second-order valence-corrected chi connectivity index (χ2v) is 6.82. The Kier molecular flexibility index (Phi) is 3.46. The molecule has 0 bridgehead atoms. The quantitative estimate of drug-likeness (QED) is 0.805. The van der Waals surface area contributed by atoms with Gasteiger partial charge in [0.05, 0.1) is 7.11 Å². The predicted molar refractivity (Wildman–Crippen MR) is 77.0 cm³/mol. The Bertz CT molecular complexity index is 834. The number of rotatable bonds is 3. The van der Waals surface area contributed by atoms with Gasteiger partial charge in [0.2, 0.25) is 10.0 Å². The molecule has 6 nitrogen and oxygen atoms in total. The van der Waals surface area contributed by atoms with Crippen LogP contribution in [-0.2, 0) is 10.0 Å². The highest BCUT2D eigenvalue weighted by Gasteiger charge is 2.30. The third-order valence-corrected chi connectivity index (χ3v) is 5.48. The smallest absolute Gasteiger partial charge is 0.356 e. The summed E-state index contributed by atoms with van der Waals surface area (Å²) < 4.78 is 36.5. The summed E-state index contributed by atoms with van der Waals surface area (Å²) in [5.74, 6) is 0.570. The van der Waals surface area contributed by atoms with Gasteiger partial charge in [0.25, 0.3) is 0 Å². The molecule has 1 aliphatic rings. The van der Waals surface area contributed by atoms with Gasteiger partial charge in [-0.05, 0) is 37.1 Å². The Morgan fingerprint density at radius 2 is 1.90 bits per heavy atom. The number of ether oxygens (including phenoxy) is 1. The Hall–Kier alpha value is -1.86. The zero-order valence-corrected chi connectivity index (χ0v) is 12.4. The first-order valence-corrected chi connectivity index (χ1v) is 8.08. The van der Waals surface area contributed by atoms with Crippen molar-refractivity contribution in [3.8, 4) is 5.75 Å². The fraction of sp³-hybridized carbons (Fsp3) is 0.357. The first-order valence-electron chi connectivity index (χ1n) is 6.64. The van der Waals surface area contributed by atoms with E-state index in [-0.39, 0.29) is 4.90 Å². The van der Waals surface area contributed by atoms with E-state index < -0.39 is 15.6 Å². The lowest BCUT2D eigenvalue weighted by molar-refractivity contribution is 0.415. The zero-order valence-electron chi connectivity index (χ0n) is 11.5. The minimum atomic E-state index is -3.79. The monoisotopic (exact) mass is 309 g/mol. The van der Waals surface area contributed by atoms with Crippen molar-refractivity contribution in [2.45, 2.75) is 17.7 Å². The number of nitrogens with zero attached hydrogens (tertiary/aromatic N) is 1. The molecule has 112 valence electrons. The Morgan fingerprint density at radius 1 is 1.19 bits per heavy atom. The van der Waals surface area contributed by atoms with Crippen LogP contribution in [0, 0.1) is 0 Å². The molecule has 0 aliphatic carbocycles. The maximum atomic E-state index is 12.5. The minimum absolute atomic E-state index is 0.315. The van der Waals surface area contributed by atoms with Crippen LogP contribution in [0.4, 0.5) is 0 Å². The Balaban J connectivity index is 2.18. The van der Waals surface area contributed by atoms with Crippen molar-refractivity contribution >= 4 is 21.0 Å². The van der Waals surface area contributed by atoms with E-state index in [1.165, 1.54) is 17.5 Å². The molecule has 1 fully saturated rings. The van der Waals surface area contributed by atoms with Gasteiger partial charge in [0.15, 0.2) is 4.90 Å². The fourth-order valence-corrected chi connectivity index (χ4v) is 4.00. The summed E-state index contributed by atoms with van der Waals surface area (Å²) in [5, 5.41) is 0.520. The molecule has 1 saturated heterocycles. The molecule has 3 rings (SSSR count). The highest BCUT2D eigenvalue weighted by molar-refractivity contribution is 7.89. The van der Waals surface area contributed by atoms with E-state index in [9.17, 15) is 13.2 Å². The lowest BCUT2D eigenvalue weighted by Gasteiger charge is -2.14. The molecular weight excluding hydrogens is 294 g/mol. The van der Waals surface area contributed by atoms with Crippen molar-refractivity contribution in [1.29, 1.82) is 0 Å². The summed E-state index contributed by atoms with van der Waals surface area (Å²) in [6, 6.07) is 6.24. The molecule has 2 aromatic rings. The number of benzene rings is 1. The summed E-state index contributed by atoms with van der Waals surface area (Å²) in [7, 11) is -2.28. The van der Waals surface area contributed by atoms with Gasteiger partial charge < -0.3 is 9.15 Å². The molecule has 0 unspecified atom stereocenters. The molecule has 0 radical (unpaired) electrons. The van der Waals surface area contributed by atoms with Crippen LogP contribution in [0.1, 0.15) is 12.8 Å². The van der Waals surface area contributed by atoms with E-state index in [2.05, 4.69) is 0 Å². The van der Waals surface area contributed by atoms with Crippen molar-refractivity contribution in [3.05, 3.63) is 34.7 Å². The number of sulfonamides is 1. The fourth-order valence-electron chi connectivity index (χ4n) is 2.46. The second kappa shape index (κ2) is 5.16. The maximum absolute atomic E-state index is 12.5. The third kappa shape index (κ3) is 2.43. The van der Waals surface area contributed by atoms with E-state index >= 15 is 0 Å². The van der Waals surface area contributed by atoms with Crippen LogP contribution in [0.5, 0.6) is 5.75 Å². The van der Waals surface area contributed by atoms with E-state index in [1.54, 1.807) is 18.2 Å².